The van der Waals surface area contributed by atoms with Gasteiger partial charge < -0.3 is 15.0 Å². The largest absolute Gasteiger partial charge is 0.414 e. The fraction of sp³-hybridized carbons (Fsp3) is 0.364. The highest BCUT2D eigenvalue weighted by molar-refractivity contribution is 7.98. The maximum absolute atomic E-state index is 12.8. The van der Waals surface area contributed by atoms with Crippen LogP contribution in [0, 0.1) is 0 Å². The molecule has 0 aliphatic carbocycles. The molecule has 2 amide bonds. The van der Waals surface area contributed by atoms with Gasteiger partial charge in [-0.25, -0.2) is 9.21 Å². The van der Waals surface area contributed by atoms with Gasteiger partial charge in [-0.3, -0.25) is 4.79 Å². The number of hydrogen-bond donors (Lipinski definition) is 1. The molecule has 0 unspecified atom stereocenters. The number of amides is 2. The number of thioether (sulfide) groups is 1. The molecule has 0 saturated heterocycles. The second kappa shape index (κ2) is 12.5. The Morgan fingerprint density at radius 2 is 1.87 bits per heavy atom. The number of nitrogens with zero attached hydrogens (tertiary/aromatic N) is 2. The van der Waals surface area contributed by atoms with Crippen LogP contribution < -0.4 is 10.1 Å². The van der Waals surface area contributed by atoms with E-state index >= 15 is 0 Å². The standard InChI is InChI=1S/C22H28ClN3O3S/c1-4-30-16-17-9-7-10-18(15-17)24-21(27)19-11-5-6-12-20(19)29-22(28)25(2)13-8-14-26(3)23/h5-7,9-12,15H,4,8,13-14,16H2,1-3H3,(H,24,27). The predicted molar refractivity (Wildman–Crippen MR) is 124 cm³/mol. The van der Waals surface area contributed by atoms with Crippen LogP contribution in [0.4, 0.5) is 10.5 Å². The van der Waals surface area contributed by atoms with E-state index in [9.17, 15) is 9.59 Å². The van der Waals surface area contributed by atoms with Gasteiger partial charge in [0.15, 0.2) is 0 Å². The Morgan fingerprint density at radius 1 is 1.10 bits per heavy atom. The van der Waals surface area contributed by atoms with E-state index in [2.05, 4.69) is 12.2 Å². The fourth-order valence-corrected chi connectivity index (χ4v) is 3.43. The molecule has 2 aromatic rings. The lowest BCUT2D eigenvalue weighted by molar-refractivity contribution is 0.102. The van der Waals surface area contributed by atoms with Crippen molar-refractivity contribution in [3.63, 3.8) is 0 Å². The summed E-state index contributed by atoms with van der Waals surface area (Å²) in [4.78, 5) is 26.7. The lowest BCUT2D eigenvalue weighted by atomic mass is 10.1. The minimum Gasteiger partial charge on any atom is -0.409 e. The van der Waals surface area contributed by atoms with Crippen LogP contribution in [0.2, 0.25) is 0 Å². The number of para-hydroxylation sites is 1. The minimum absolute atomic E-state index is 0.221. The van der Waals surface area contributed by atoms with E-state index in [1.54, 1.807) is 38.4 Å². The Kier molecular flexibility index (Phi) is 10.00. The first-order valence-electron chi connectivity index (χ1n) is 9.77. The lowest BCUT2D eigenvalue weighted by Crippen LogP contribution is -2.32. The van der Waals surface area contributed by atoms with Crippen LogP contribution in [-0.2, 0) is 5.75 Å². The summed E-state index contributed by atoms with van der Waals surface area (Å²) in [5.41, 5.74) is 2.15. The van der Waals surface area contributed by atoms with Gasteiger partial charge in [-0.15, -0.1) is 0 Å². The number of rotatable bonds is 10. The van der Waals surface area contributed by atoms with E-state index in [1.165, 1.54) is 9.32 Å². The lowest BCUT2D eigenvalue weighted by Gasteiger charge is -2.18. The molecule has 2 rings (SSSR count). The molecule has 8 heteroatoms. The molecule has 0 saturated carbocycles. The number of benzene rings is 2. The SMILES string of the molecule is CCSCc1cccc(NC(=O)c2ccccc2OC(=O)N(C)CCCN(C)Cl)c1. The van der Waals surface area contributed by atoms with E-state index in [0.717, 1.165) is 17.1 Å². The molecular weight excluding hydrogens is 422 g/mol. The Morgan fingerprint density at radius 3 is 2.60 bits per heavy atom. The molecule has 1 N–H and O–H groups in total. The first kappa shape index (κ1) is 24.1. The topological polar surface area (TPSA) is 61.9 Å². The summed E-state index contributed by atoms with van der Waals surface area (Å²) in [5, 5.41) is 2.89. The molecule has 0 fully saturated rings. The summed E-state index contributed by atoms with van der Waals surface area (Å²) in [6.45, 7) is 3.25. The molecule has 0 bridgehead atoms. The van der Waals surface area contributed by atoms with Gasteiger partial charge in [-0.05, 0) is 53.8 Å². The van der Waals surface area contributed by atoms with Crippen LogP contribution in [0.15, 0.2) is 48.5 Å². The van der Waals surface area contributed by atoms with Crippen LogP contribution in [-0.4, -0.2) is 54.3 Å². The zero-order chi connectivity index (χ0) is 21.9. The van der Waals surface area contributed by atoms with E-state index < -0.39 is 6.09 Å². The van der Waals surface area contributed by atoms with Crippen molar-refractivity contribution in [1.29, 1.82) is 0 Å². The van der Waals surface area contributed by atoms with Crippen LogP contribution in [0.25, 0.3) is 0 Å². The Labute approximate surface area is 187 Å². The van der Waals surface area contributed by atoms with Crippen molar-refractivity contribution >= 4 is 41.2 Å². The van der Waals surface area contributed by atoms with Crippen molar-refractivity contribution in [3.8, 4) is 5.75 Å². The maximum Gasteiger partial charge on any atom is 0.414 e. The molecule has 0 spiro atoms. The van der Waals surface area contributed by atoms with Crippen molar-refractivity contribution in [1.82, 2.24) is 9.32 Å². The number of hydrogen-bond acceptors (Lipinski definition) is 5. The molecule has 0 radical (unpaired) electrons. The smallest absolute Gasteiger partial charge is 0.409 e. The predicted octanol–water partition coefficient (Wildman–Crippen LogP) is 5.10. The van der Waals surface area contributed by atoms with Gasteiger partial charge in [0.25, 0.3) is 5.91 Å². The van der Waals surface area contributed by atoms with Gasteiger partial charge >= 0.3 is 6.09 Å². The van der Waals surface area contributed by atoms with Crippen molar-refractivity contribution < 1.29 is 14.3 Å². The molecule has 0 atom stereocenters. The number of ether oxygens (including phenoxy) is 1. The normalized spacial score (nSPS) is 10.7. The molecule has 6 nitrogen and oxygen atoms in total. The first-order valence-corrected chi connectivity index (χ1v) is 11.3. The zero-order valence-electron chi connectivity index (χ0n) is 17.6. The molecule has 0 aliphatic heterocycles. The van der Waals surface area contributed by atoms with Crippen molar-refractivity contribution in [2.75, 3.05) is 38.3 Å². The Balaban J connectivity index is 2.03. The van der Waals surface area contributed by atoms with Gasteiger partial charge in [-0.1, -0.05) is 31.2 Å². The third-order valence-corrected chi connectivity index (χ3v) is 5.37. The number of carbonyl (C=O) groups is 2. The summed E-state index contributed by atoms with van der Waals surface area (Å²) in [6, 6.07) is 14.5. The number of carbonyl (C=O) groups excluding carboxylic acids is 2. The summed E-state index contributed by atoms with van der Waals surface area (Å²) in [5.74, 6) is 1.82. The van der Waals surface area contributed by atoms with Gasteiger partial charge in [0.1, 0.15) is 5.75 Å². The van der Waals surface area contributed by atoms with Crippen LogP contribution in [0.5, 0.6) is 5.75 Å². The maximum atomic E-state index is 12.8. The van der Waals surface area contributed by atoms with Gasteiger partial charge in [0.2, 0.25) is 0 Å². The van der Waals surface area contributed by atoms with Gasteiger partial charge in [-0.2, -0.15) is 11.8 Å². The molecule has 162 valence electrons. The monoisotopic (exact) mass is 449 g/mol. The second-order valence-corrected chi connectivity index (χ2v) is 8.61. The summed E-state index contributed by atoms with van der Waals surface area (Å²) >= 11 is 7.60. The summed E-state index contributed by atoms with van der Waals surface area (Å²) in [7, 11) is 3.41. The van der Waals surface area contributed by atoms with E-state index in [0.29, 0.717) is 30.8 Å². The van der Waals surface area contributed by atoms with Crippen LogP contribution in [0.1, 0.15) is 29.3 Å². The number of halogens is 1. The van der Waals surface area contributed by atoms with Gasteiger partial charge in [0.05, 0.1) is 5.56 Å². The third kappa shape index (κ3) is 7.89. The zero-order valence-corrected chi connectivity index (χ0v) is 19.1. The molecule has 0 aromatic heterocycles. The highest BCUT2D eigenvalue weighted by Gasteiger charge is 2.17. The number of nitrogens with one attached hydrogen (secondary N) is 1. The van der Waals surface area contributed by atoms with Crippen LogP contribution in [0.3, 0.4) is 0 Å². The second-order valence-electron chi connectivity index (χ2n) is 6.76. The van der Waals surface area contributed by atoms with Crippen molar-refractivity contribution in [2.24, 2.45) is 0 Å². The summed E-state index contributed by atoms with van der Waals surface area (Å²) in [6.07, 6.45) is 0.187. The van der Waals surface area contributed by atoms with Crippen molar-refractivity contribution in [2.45, 2.75) is 19.1 Å². The molecule has 0 heterocycles. The molecule has 30 heavy (non-hydrogen) atoms. The molecule has 2 aromatic carbocycles. The fourth-order valence-electron chi connectivity index (χ4n) is 2.69. The van der Waals surface area contributed by atoms with Gasteiger partial charge in [0, 0.05) is 38.6 Å². The first-order chi connectivity index (χ1) is 14.4. The van der Waals surface area contributed by atoms with Crippen molar-refractivity contribution in [3.05, 3.63) is 59.7 Å². The summed E-state index contributed by atoms with van der Waals surface area (Å²) < 4.78 is 7.01. The average Bonchev–Trinajstić information content (AvgIpc) is 2.72. The Hall–Kier alpha value is -2.22. The molecule has 0 aliphatic rings. The van der Waals surface area contributed by atoms with Crippen LogP contribution >= 0.6 is 23.5 Å². The highest BCUT2D eigenvalue weighted by atomic mass is 35.5. The molecular formula is C22H28ClN3O3S. The number of anilines is 1. The Bertz CT molecular complexity index is 848. The third-order valence-electron chi connectivity index (χ3n) is 4.26. The quantitative estimate of drug-likeness (QED) is 0.511. The highest BCUT2D eigenvalue weighted by Crippen LogP contribution is 2.22. The van der Waals surface area contributed by atoms with E-state index in [-0.39, 0.29) is 11.7 Å². The van der Waals surface area contributed by atoms with E-state index in [1.807, 2.05) is 36.0 Å². The minimum atomic E-state index is -0.522. The average molecular weight is 450 g/mol. The van der Waals surface area contributed by atoms with E-state index in [4.69, 9.17) is 16.5 Å².